The topological polar surface area (TPSA) is 175 Å². The standard InChI is InChI=1S/C11H18N2O10P2S/c1-6-4-13(11(15)12-10(6)14)9-3-7(23-25(19,26)20-2)8(22-9)5-21-24(16,17)18/h4,7-9H,3,5H2,1-2H3,(H,19,26)(H,12,14,15)(H2,16,17,18)/p-2/t7-,8-,9-,25?/m1/s1. The third-order valence-electron chi connectivity index (χ3n) is 3.53. The van der Waals surface area contributed by atoms with Crippen LogP contribution in [0.2, 0.25) is 0 Å². The number of phosphoric ester groups is 1. The number of aryl methyl sites for hydroxylation is 1. The van der Waals surface area contributed by atoms with Crippen LogP contribution < -0.4 is 21.0 Å². The van der Waals surface area contributed by atoms with Crippen LogP contribution in [-0.2, 0) is 34.7 Å². The summed E-state index contributed by atoms with van der Waals surface area (Å²) in [5.41, 5.74) is -1.11. The molecule has 5 atom stereocenters. The van der Waals surface area contributed by atoms with E-state index in [0.717, 1.165) is 11.7 Å². The summed E-state index contributed by atoms with van der Waals surface area (Å²) in [4.78, 5) is 56.9. The Morgan fingerprint density at radius 2 is 2.15 bits per heavy atom. The summed E-state index contributed by atoms with van der Waals surface area (Å²) in [6.07, 6.45) is -2.01. The molecular weight excluding hydrogens is 414 g/mol. The number of ether oxygens (including phenoxy) is 1. The van der Waals surface area contributed by atoms with Gasteiger partial charge in [0.25, 0.3) is 13.4 Å². The SMILES string of the molecule is COP([O-])(=S)O[C@@H]1C[C@H](n2cc(C)c(=O)[nH]c2=O)O[C@@H]1COP(=O)([O-])O. The molecule has 1 saturated heterocycles. The molecule has 1 aliphatic rings. The second-order valence-corrected chi connectivity index (χ2v) is 9.39. The molecule has 12 nitrogen and oxygen atoms in total. The van der Waals surface area contributed by atoms with Crippen molar-refractivity contribution in [1.29, 1.82) is 0 Å². The molecule has 1 fully saturated rings. The molecule has 0 spiro atoms. The van der Waals surface area contributed by atoms with Crippen LogP contribution in [0.3, 0.4) is 0 Å². The molecule has 2 unspecified atom stereocenters. The van der Waals surface area contributed by atoms with Crippen LogP contribution in [0.25, 0.3) is 0 Å². The van der Waals surface area contributed by atoms with E-state index in [1.165, 1.54) is 13.1 Å². The molecule has 0 aromatic carbocycles. The molecule has 0 amide bonds. The van der Waals surface area contributed by atoms with Crippen LogP contribution >= 0.6 is 14.5 Å². The zero-order valence-electron chi connectivity index (χ0n) is 13.6. The summed E-state index contributed by atoms with van der Waals surface area (Å²) >= 11 is 4.64. The highest BCUT2D eigenvalue weighted by molar-refractivity contribution is 8.06. The lowest BCUT2D eigenvalue weighted by Crippen LogP contribution is -2.33. The highest BCUT2D eigenvalue weighted by atomic mass is 32.5. The number of hydrogen-bond acceptors (Lipinski definition) is 10. The summed E-state index contributed by atoms with van der Waals surface area (Å²) in [6, 6.07) is 0. The van der Waals surface area contributed by atoms with E-state index >= 15 is 0 Å². The zero-order valence-corrected chi connectivity index (χ0v) is 16.2. The third kappa shape index (κ3) is 5.64. The maximum atomic E-state index is 12.0. The summed E-state index contributed by atoms with van der Waals surface area (Å²) < 4.78 is 31.4. The predicted octanol–water partition coefficient (Wildman–Crippen LogP) is -1.77. The van der Waals surface area contributed by atoms with Crippen LogP contribution in [0.1, 0.15) is 18.2 Å². The number of aromatic nitrogens is 2. The van der Waals surface area contributed by atoms with Crippen molar-refractivity contribution < 1.29 is 37.6 Å². The second-order valence-electron chi connectivity index (χ2n) is 5.38. The Labute approximate surface area is 152 Å². The normalized spacial score (nSPS) is 27.8. The van der Waals surface area contributed by atoms with Crippen molar-refractivity contribution in [1.82, 2.24) is 9.55 Å². The van der Waals surface area contributed by atoms with E-state index in [4.69, 9.17) is 14.2 Å². The van der Waals surface area contributed by atoms with E-state index in [2.05, 4.69) is 25.8 Å². The first kappa shape index (κ1) is 21.6. The van der Waals surface area contributed by atoms with Gasteiger partial charge in [-0.05, 0) is 6.92 Å². The van der Waals surface area contributed by atoms with Crippen molar-refractivity contribution in [3.05, 3.63) is 32.6 Å². The molecule has 1 aliphatic heterocycles. The molecule has 15 heteroatoms. The highest BCUT2D eigenvalue weighted by Crippen LogP contribution is 2.45. The Bertz CT molecular complexity index is 863. The first-order chi connectivity index (χ1) is 11.9. The average Bonchev–Trinajstić information content (AvgIpc) is 2.90. The molecule has 0 aliphatic carbocycles. The van der Waals surface area contributed by atoms with Crippen LogP contribution in [0.15, 0.2) is 15.8 Å². The van der Waals surface area contributed by atoms with Gasteiger partial charge in [0.2, 0.25) is 0 Å². The Hall–Kier alpha value is -0.720. The largest absolute Gasteiger partial charge is 0.780 e. The molecule has 2 rings (SSSR count). The minimum atomic E-state index is -5.05. The minimum absolute atomic E-state index is 0.0714. The van der Waals surface area contributed by atoms with Crippen LogP contribution in [-0.4, -0.2) is 40.4 Å². The minimum Gasteiger partial charge on any atom is -0.780 e. The van der Waals surface area contributed by atoms with E-state index in [1.807, 2.05) is 0 Å². The van der Waals surface area contributed by atoms with Crippen molar-refractivity contribution in [2.45, 2.75) is 31.8 Å². The number of rotatable bonds is 7. The van der Waals surface area contributed by atoms with Crippen molar-refractivity contribution in [2.75, 3.05) is 13.7 Å². The van der Waals surface area contributed by atoms with Crippen LogP contribution in [0, 0.1) is 6.92 Å². The molecule has 26 heavy (non-hydrogen) atoms. The van der Waals surface area contributed by atoms with Crippen molar-refractivity contribution in [3.63, 3.8) is 0 Å². The molecule has 0 saturated carbocycles. The lowest BCUT2D eigenvalue weighted by molar-refractivity contribution is -0.223. The number of nitrogens with zero attached hydrogens (tertiary/aromatic N) is 1. The first-order valence-electron chi connectivity index (χ1n) is 7.13. The van der Waals surface area contributed by atoms with E-state index in [-0.39, 0.29) is 12.0 Å². The monoisotopic (exact) mass is 430 g/mol. The average molecular weight is 430 g/mol. The summed E-state index contributed by atoms with van der Waals surface area (Å²) in [5.74, 6) is 0. The molecule has 0 bridgehead atoms. The number of H-pyrrole nitrogens is 1. The second kappa shape index (κ2) is 8.11. The van der Waals surface area contributed by atoms with E-state index in [0.29, 0.717) is 0 Å². The molecule has 0 radical (unpaired) electrons. The first-order valence-corrected chi connectivity index (χ1v) is 11.2. The van der Waals surface area contributed by atoms with Gasteiger partial charge in [0.15, 0.2) is 0 Å². The fourth-order valence-corrected chi connectivity index (χ4v) is 3.62. The fourth-order valence-electron chi connectivity index (χ4n) is 2.31. The fraction of sp³-hybridized carbons (Fsp3) is 0.636. The van der Waals surface area contributed by atoms with Crippen molar-refractivity contribution in [2.24, 2.45) is 0 Å². The van der Waals surface area contributed by atoms with Gasteiger partial charge in [-0.15, -0.1) is 0 Å². The van der Waals surface area contributed by atoms with Crippen molar-refractivity contribution in [3.8, 4) is 0 Å². The van der Waals surface area contributed by atoms with Gasteiger partial charge >= 0.3 is 5.69 Å². The van der Waals surface area contributed by atoms with Crippen molar-refractivity contribution >= 4 is 26.3 Å². The van der Waals surface area contributed by atoms with Gasteiger partial charge in [-0.1, -0.05) is 11.8 Å². The smallest absolute Gasteiger partial charge is 0.330 e. The quantitative estimate of drug-likeness (QED) is 0.468. The lowest BCUT2D eigenvalue weighted by atomic mass is 10.2. The van der Waals surface area contributed by atoms with Gasteiger partial charge in [0.05, 0.1) is 12.7 Å². The number of aromatic amines is 1. The van der Waals surface area contributed by atoms with E-state index in [9.17, 15) is 23.9 Å². The molecule has 1 aromatic rings. The molecule has 2 N–H and O–H groups in total. The Balaban J connectivity index is 2.27. The van der Waals surface area contributed by atoms with Crippen LogP contribution in [0.5, 0.6) is 0 Å². The third-order valence-corrected chi connectivity index (χ3v) is 5.68. The van der Waals surface area contributed by atoms with Gasteiger partial charge in [-0.2, -0.15) is 0 Å². The van der Waals surface area contributed by atoms with Gasteiger partial charge in [0, 0.05) is 25.3 Å². The van der Waals surface area contributed by atoms with E-state index in [1.54, 1.807) is 0 Å². The number of phosphoric acid groups is 1. The van der Waals surface area contributed by atoms with E-state index < -0.39 is 50.8 Å². The predicted molar refractivity (Wildman–Crippen MR) is 86.5 cm³/mol. The maximum Gasteiger partial charge on any atom is 0.330 e. The number of nitrogens with one attached hydrogen (secondary N) is 1. The lowest BCUT2D eigenvalue weighted by Gasteiger charge is -2.30. The van der Waals surface area contributed by atoms with Gasteiger partial charge in [-0.25, -0.2) is 4.79 Å². The Morgan fingerprint density at radius 3 is 2.73 bits per heavy atom. The summed E-state index contributed by atoms with van der Waals surface area (Å²) in [5, 5.41) is 0. The van der Waals surface area contributed by atoms with Gasteiger partial charge < -0.3 is 33.0 Å². The molecule has 148 valence electrons. The highest BCUT2D eigenvalue weighted by Gasteiger charge is 2.39. The van der Waals surface area contributed by atoms with Crippen LogP contribution in [0.4, 0.5) is 0 Å². The Kier molecular flexibility index (Phi) is 6.73. The molecule has 1 aromatic heterocycles. The summed E-state index contributed by atoms with van der Waals surface area (Å²) in [6.45, 7) is -3.08. The molecular formula is C11H16N2O10P2S-2. The number of hydrogen-bond donors (Lipinski definition) is 2. The zero-order chi connectivity index (χ0) is 19.7. The maximum absolute atomic E-state index is 12.0. The Morgan fingerprint density at radius 1 is 1.50 bits per heavy atom. The van der Waals surface area contributed by atoms with Gasteiger partial charge in [-0.3, -0.25) is 18.9 Å². The van der Waals surface area contributed by atoms with Gasteiger partial charge in [0.1, 0.15) is 19.1 Å². The summed E-state index contributed by atoms with van der Waals surface area (Å²) in [7, 11) is -3.97. The molecule has 2 heterocycles.